The van der Waals surface area contributed by atoms with E-state index in [4.69, 9.17) is 4.52 Å². The zero-order chi connectivity index (χ0) is 9.90. The van der Waals surface area contributed by atoms with Gasteiger partial charge in [-0.15, -0.1) is 0 Å². The quantitative estimate of drug-likeness (QED) is 0.714. The lowest BCUT2D eigenvalue weighted by atomic mass is 10.2. The summed E-state index contributed by atoms with van der Waals surface area (Å²) in [5.74, 6) is 0. The van der Waals surface area contributed by atoms with E-state index in [9.17, 15) is 0 Å². The Hall–Kier alpha value is 0.310. The van der Waals surface area contributed by atoms with Crippen LogP contribution in [-0.2, 0) is 4.52 Å². The summed E-state index contributed by atoms with van der Waals surface area (Å²) in [6.45, 7) is 11.9. The first-order valence-corrected chi connectivity index (χ1v) is 6.22. The van der Waals surface area contributed by atoms with Gasteiger partial charge in [0.2, 0.25) is 0 Å². The van der Waals surface area contributed by atoms with Crippen molar-refractivity contribution in [2.75, 3.05) is 19.6 Å². The standard InChI is InChI=1S/C9H21N2OP/c1-5-7-11-8-6-10-13(11)12-9(2,3)4/h10H,5-8H2,1-4H3. The van der Waals surface area contributed by atoms with Gasteiger partial charge in [-0.05, 0) is 27.2 Å². The summed E-state index contributed by atoms with van der Waals surface area (Å²) in [5.41, 5.74) is -0.0327. The molecule has 3 nitrogen and oxygen atoms in total. The molecule has 0 amide bonds. The molecule has 1 saturated heterocycles. The lowest BCUT2D eigenvalue weighted by Crippen LogP contribution is -2.24. The molecule has 1 fully saturated rings. The van der Waals surface area contributed by atoms with Gasteiger partial charge in [0.15, 0.2) is 8.45 Å². The third-order valence-corrected chi connectivity index (χ3v) is 3.84. The normalized spacial score (nSPS) is 25.4. The predicted molar refractivity (Wildman–Crippen MR) is 57.6 cm³/mol. The first-order chi connectivity index (χ1) is 6.03. The van der Waals surface area contributed by atoms with E-state index in [1.54, 1.807) is 0 Å². The van der Waals surface area contributed by atoms with Crippen molar-refractivity contribution >= 4 is 8.45 Å². The SMILES string of the molecule is CCCN1CCNP1OC(C)(C)C. The van der Waals surface area contributed by atoms with Gasteiger partial charge in [0.25, 0.3) is 0 Å². The van der Waals surface area contributed by atoms with E-state index in [0.717, 1.165) is 19.6 Å². The van der Waals surface area contributed by atoms with E-state index in [2.05, 4.69) is 37.5 Å². The Balaban J connectivity index is 2.39. The third-order valence-electron chi connectivity index (χ3n) is 1.72. The maximum absolute atomic E-state index is 5.94. The average molecular weight is 204 g/mol. The summed E-state index contributed by atoms with van der Waals surface area (Å²) in [7, 11) is -0.519. The molecule has 0 bridgehead atoms. The molecule has 78 valence electrons. The molecule has 4 heteroatoms. The summed E-state index contributed by atoms with van der Waals surface area (Å²) in [6.07, 6.45) is 1.20. The van der Waals surface area contributed by atoms with E-state index in [1.165, 1.54) is 6.42 Å². The van der Waals surface area contributed by atoms with Crippen LogP contribution in [0.3, 0.4) is 0 Å². The lowest BCUT2D eigenvalue weighted by molar-refractivity contribution is 0.137. The van der Waals surface area contributed by atoms with Gasteiger partial charge in [0.05, 0.1) is 5.60 Å². The molecule has 0 radical (unpaired) electrons. The number of hydrogen-bond donors (Lipinski definition) is 1. The minimum Gasteiger partial charge on any atom is -0.326 e. The van der Waals surface area contributed by atoms with Crippen molar-refractivity contribution in [1.29, 1.82) is 0 Å². The van der Waals surface area contributed by atoms with E-state index in [-0.39, 0.29) is 5.60 Å². The Morgan fingerprint density at radius 1 is 1.46 bits per heavy atom. The van der Waals surface area contributed by atoms with Gasteiger partial charge >= 0.3 is 0 Å². The molecule has 1 unspecified atom stereocenters. The highest BCUT2D eigenvalue weighted by Gasteiger charge is 2.28. The summed E-state index contributed by atoms with van der Waals surface area (Å²) in [6, 6.07) is 0. The van der Waals surface area contributed by atoms with Crippen molar-refractivity contribution in [2.45, 2.75) is 39.7 Å². The summed E-state index contributed by atoms with van der Waals surface area (Å²) in [5, 5.41) is 3.42. The molecule has 13 heavy (non-hydrogen) atoms. The molecular formula is C9H21N2OP. The molecule has 1 rings (SSSR count). The van der Waals surface area contributed by atoms with Crippen molar-refractivity contribution in [3.05, 3.63) is 0 Å². The molecule has 1 N–H and O–H groups in total. The molecule has 1 aliphatic rings. The Morgan fingerprint density at radius 3 is 2.69 bits per heavy atom. The van der Waals surface area contributed by atoms with Crippen LogP contribution in [0.25, 0.3) is 0 Å². The second-order valence-electron chi connectivity index (χ2n) is 4.34. The van der Waals surface area contributed by atoms with Crippen LogP contribution in [0.5, 0.6) is 0 Å². The molecule has 0 spiro atoms. The van der Waals surface area contributed by atoms with E-state index >= 15 is 0 Å². The predicted octanol–water partition coefficient (Wildman–Crippen LogP) is 2.34. The molecule has 0 aliphatic carbocycles. The van der Waals surface area contributed by atoms with Gasteiger partial charge in [0.1, 0.15) is 0 Å². The Kier molecular flexibility index (Phi) is 4.11. The fourth-order valence-corrected chi connectivity index (χ4v) is 3.13. The van der Waals surface area contributed by atoms with Crippen LogP contribution in [0.15, 0.2) is 0 Å². The second-order valence-corrected chi connectivity index (χ2v) is 5.95. The Labute approximate surface area is 82.8 Å². The van der Waals surface area contributed by atoms with Crippen LogP contribution < -0.4 is 5.09 Å². The van der Waals surface area contributed by atoms with Gasteiger partial charge in [-0.2, -0.15) is 0 Å². The molecule has 1 atom stereocenters. The van der Waals surface area contributed by atoms with Gasteiger partial charge in [0, 0.05) is 19.6 Å². The van der Waals surface area contributed by atoms with Crippen LogP contribution in [0.2, 0.25) is 0 Å². The third kappa shape index (κ3) is 3.90. The molecule has 0 aromatic carbocycles. The highest BCUT2D eigenvalue weighted by molar-refractivity contribution is 7.48. The van der Waals surface area contributed by atoms with Crippen LogP contribution in [0.4, 0.5) is 0 Å². The molecule has 1 heterocycles. The highest BCUT2D eigenvalue weighted by Crippen LogP contribution is 2.43. The fourth-order valence-electron chi connectivity index (χ4n) is 1.28. The van der Waals surface area contributed by atoms with Crippen LogP contribution in [0, 0.1) is 0 Å². The number of hydrogen-bond acceptors (Lipinski definition) is 3. The van der Waals surface area contributed by atoms with Crippen molar-refractivity contribution in [3.63, 3.8) is 0 Å². The largest absolute Gasteiger partial charge is 0.326 e. The lowest BCUT2D eigenvalue weighted by Gasteiger charge is -2.29. The summed E-state index contributed by atoms with van der Waals surface area (Å²) >= 11 is 0. The molecule has 0 aromatic rings. The topological polar surface area (TPSA) is 24.5 Å². The average Bonchev–Trinajstić information content (AvgIpc) is 2.34. The fraction of sp³-hybridized carbons (Fsp3) is 1.00. The zero-order valence-corrected chi connectivity index (χ0v) is 10.0. The van der Waals surface area contributed by atoms with E-state index in [1.807, 2.05) is 0 Å². The van der Waals surface area contributed by atoms with Gasteiger partial charge in [-0.3, -0.25) is 5.09 Å². The summed E-state index contributed by atoms with van der Waals surface area (Å²) in [4.78, 5) is 0. The zero-order valence-electron chi connectivity index (χ0n) is 9.13. The minimum atomic E-state index is -0.519. The minimum absolute atomic E-state index is 0.0327. The first-order valence-electron chi connectivity index (χ1n) is 5.00. The number of nitrogens with zero attached hydrogens (tertiary/aromatic N) is 1. The van der Waals surface area contributed by atoms with Crippen LogP contribution in [-0.4, -0.2) is 29.9 Å². The van der Waals surface area contributed by atoms with Gasteiger partial charge in [-0.25, -0.2) is 4.67 Å². The monoisotopic (exact) mass is 204 g/mol. The van der Waals surface area contributed by atoms with Crippen molar-refractivity contribution in [1.82, 2.24) is 9.76 Å². The smallest absolute Gasteiger partial charge is 0.185 e. The highest BCUT2D eigenvalue weighted by atomic mass is 31.2. The van der Waals surface area contributed by atoms with Crippen molar-refractivity contribution in [3.8, 4) is 0 Å². The first kappa shape index (κ1) is 11.4. The van der Waals surface area contributed by atoms with Crippen LogP contribution >= 0.6 is 8.45 Å². The maximum atomic E-state index is 5.94. The second kappa shape index (κ2) is 4.70. The molecule has 0 saturated carbocycles. The van der Waals surface area contributed by atoms with Gasteiger partial charge in [-0.1, -0.05) is 6.92 Å². The van der Waals surface area contributed by atoms with Crippen molar-refractivity contribution in [2.24, 2.45) is 0 Å². The van der Waals surface area contributed by atoms with Crippen LogP contribution in [0.1, 0.15) is 34.1 Å². The van der Waals surface area contributed by atoms with Crippen molar-refractivity contribution < 1.29 is 4.52 Å². The van der Waals surface area contributed by atoms with E-state index < -0.39 is 8.45 Å². The Bertz CT molecular complexity index is 158. The number of nitrogens with one attached hydrogen (secondary N) is 1. The molecule has 1 aliphatic heterocycles. The molecule has 0 aromatic heterocycles. The maximum Gasteiger partial charge on any atom is 0.185 e. The summed E-state index contributed by atoms with van der Waals surface area (Å²) < 4.78 is 8.36. The van der Waals surface area contributed by atoms with Gasteiger partial charge < -0.3 is 4.52 Å². The molecular weight excluding hydrogens is 183 g/mol. The van der Waals surface area contributed by atoms with E-state index in [0.29, 0.717) is 0 Å². The number of rotatable bonds is 3. The Morgan fingerprint density at radius 2 is 2.15 bits per heavy atom.